The van der Waals surface area contributed by atoms with E-state index in [0.29, 0.717) is 4.47 Å². The number of benzene rings is 1. The second kappa shape index (κ2) is 5.17. The molecule has 0 radical (unpaired) electrons. The van der Waals surface area contributed by atoms with Crippen LogP contribution in [0.4, 0.5) is 8.78 Å². The van der Waals surface area contributed by atoms with E-state index in [9.17, 15) is 8.78 Å². The number of hydrogen-bond acceptors (Lipinski definition) is 1. The van der Waals surface area contributed by atoms with Crippen LogP contribution in [0.1, 0.15) is 5.56 Å². The lowest BCUT2D eigenvalue weighted by atomic mass is 10.2. The van der Waals surface area contributed by atoms with Crippen LogP contribution >= 0.6 is 46.1 Å². The fourth-order valence-corrected chi connectivity index (χ4v) is 1.60. The average molecular weight is 375 g/mol. The van der Waals surface area contributed by atoms with Gasteiger partial charge in [-0.2, -0.15) is 0 Å². The Morgan fingerprint density at radius 3 is 2.31 bits per heavy atom. The van der Waals surface area contributed by atoms with Crippen LogP contribution in [0.15, 0.2) is 16.6 Å². The van der Waals surface area contributed by atoms with Crippen molar-refractivity contribution in [2.75, 3.05) is 0 Å². The summed E-state index contributed by atoms with van der Waals surface area (Å²) in [6.45, 7) is 0. The van der Waals surface area contributed by atoms with Gasteiger partial charge in [0.15, 0.2) is 0 Å². The third-order valence-corrected chi connectivity index (χ3v) is 2.52. The van der Waals surface area contributed by atoms with Crippen molar-refractivity contribution < 1.29 is 8.78 Å². The molecule has 0 atom stereocenters. The molecule has 0 bridgehead atoms. The molecular weight excluding hydrogens is 373 g/mol. The van der Waals surface area contributed by atoms with Crippen molar-refractivity contribution in [3.05, 3.63) is 33.8 Å². The third kappa shape index (κ3) is 3.11. The minimum Gasteiger partial charge on any atom is -0.205 e. The highest BCUT2D eigenvalue weighted by atomic mass is 127. The molecule has 0 heterocycles. The van der Waals surface area contributed by atoms with Gasteiger partial charge >= 0.3 is 0 Å². The van der Waals surface area contributed by atoms with Crippen LogP contribution < -0.4 is 0 Å². The Balaban J connectivity index is 3.21. The zero-order valence-corrected chi connectivity index (χ0v) is 10.6. The molecule has 0 aromatic heterocycles. The fourth-order valence-electron chi connectivity index (χ4n) is 0.732. The van der Waals surface area contributed by atoms with Gasteiger partial charge in [-0.3, -0.25) is 0 Å². The fraction of sp³-hybridized carbons (Fsp3) is 0. The van der Waals surface area contributed by atoms with E-state index in [2.05, 4.69) is 27.1 Å². The summed E-state index contributed by atoms with van der Waals surface area (Å²) in [6.07, 6.45) is 0. The highest BCUT2D eigenvalue weighted by molar-refractivity contribution is 14.2. The van der Waals surface area contributed by atoms with Gasteiger partial charge in [0.1, 0.15) is 11.6 Å². The Kier molecular flexibility index (Phi) is 4.49. The summed E-state index contributed by atoms with van der Waals surface area (Å²) < 4.78 is 26.5. The predicted molar refractivity (Wildman–Crippen MR) is 62.5 cm³/mol. The molecule has 0 amide bonds. The van der Waals surface area contributed by atoms with Gasteiger partial charge in [0.25, 0.3) is 0 Å². The van der Waals surface area contributed by atoms with Crippen LogP contribution in [0.5, 0.6) is 0 Å². The average Bonchev–Trinajstić information content (AvgIpc) is 2.02. The molecule has 0 aliphatic heterocycles. The zero-order valence-electron chi connectivity index (χ0n) is 6.07. The number of rotatable bonds is 0. The number of halogens is 4. The molecule has 5 heteroatoms. The molecule has 13 heavy (non-hydrogen) atoms. The van der Waals surface area contributed by atoms with Gasteiger partial charge < -0.3 is 0 Å². The van der Waals surface area contributed by atoms with Crippen LogP contribution in [-0.4, -0.2) is 0 Å². The first-order valence-corrected chi connectivity index (χ1v) is 7.23. The van der Waals surface area contributed by atoms with Gasteiger partial charge in [0.2, 0.25) is 0 Å². The second-order valence-corrected chi connectivity index (χ2v) is 4.64. The van der Waals surface area contributed by atoms with Gasteiger partial charge in [-0.15, -0.1) is 0 Å². The molecule has 0 fully saturated rings. The summed E-state index contributed by atoms with van der Waals surface area (Å²) >= 11 is 4.91. The SMILES string of the molecule is Fc1cc(Br)cc(F)c1C#CSI. The summed E-state index contributed by atoms with van der Waals surface area (Å²) in [6, 6.07) is 2.37. The standard InChI is InChI=1S/C8H2BrF2IS/c9-5-3-7(10)6(1-2-13-12)8(11)4-5/h3-4H. The lowest BCUT2D eigenvalue weighted by Gasteiger charge is -1.97. The lowest BCUT2D eigenvalue weighted by molar-refractivity contribution is 0.576. The summed E-state index contributed by atoms with van der Waals surface area (Å²) in [5, 5.41) is 2.52. The van der Waals surface area contributed by atoms with E-state index in [1.807, 2.05) is 21.2 Å². The van der Waals surface area contributed by atoms with Crippen molar-refractivity contribution >= 4 is 46.1 Å². The van der Waals surface area contributed by atoms with E-state index < -0.39 is 11.6 Å². The maximum Gasteiger partial charge on any atom is 0.142 e. The molecule has 1 rings (SSSR count). The lowest BCUT2D eigenvalue weighted by Crippen LogP contribution is -1.89. The Hall–Kier alpha value is 0.200. The molecule has 0 unspecified atom stereocenters. The molecule has 0 saturated carbocycles. The van der Waals surface area contributed by atoms with Crippen molar-refractivity contribution in [2.45, 2.75) is 0 Å². The van der Waals surface area contributed by atoms with Crippen molar-refractivity contribution in [3.8, 4) is 11.2 Å². The highest BCUT2D eigenvalue weighted by Crippen LogP contribution is 2.19. The molecule has 1 aromatic rings. The summed E-state index contributed by atoms with van der Waals surface area (Å²) in [4.78, 5) is 0. The van der Waals surface area contributed by atoms with Crippen molar-refractivity contribution in [1.82, 2.24) is 0 Å². The van der Waals surface area contributed by atoms with E-state index in [-0.39, 0.29) is 5.56 Å². The molecule has 1 aromatic carbocycles. The molecule has 0 nitrogen and oxygen atoms in total. The Bertz CT molecular complexity index is 360. The van der Waals surface area contributed by atoms with Crippen molar-refractivity contribution in [3.63, 3.8) is 0 Å². The van der Waals surface area contributed by atoms with Gasteiger partial charge in [0.05, 0.1) is 5.56 Å². The molecular formula is C8H2BrF2IS. The summed E-state index contributed by atoms with van der Waals surface area (Å²) in [7, 11) is 1.18. The van der Waals surface area contributed by atoms with Crippen LogP contribution in [0.3, 0.4) is 0 Å². The maximum absolute atomic E-state index is 13.1. The van der Waals surface area contributed by atoms with Gasteiger partial charge in [-0.05, 0) is 32.2 Å². The molecule has 0 aliphatic rings. The van der Waals surface area contributed by atoms with Crippen molar-refractivity contribution in [1.29, 1.82) is 0 Å². The Morgan fingerprint density at radius 2 is 1.85 bits per heavy atom. The first-order valence-electron chi connectivity index (χ1n) is 3.08. The van der Waals surface area contributed by atoms with Gasteiger partial charge in [-0.25, -0.2) is 8.78 Å². The molecule has 0 N–H and O–H groups in total. The normalized spacial score (nSPS) is 9.23. The van der Waals surface area contributed by atoms with E-state index >= 15 is 0 Å². The molecule has 0 spiro atoms. The highest BCUT2D eigenvalue weighted by Gasteiger charge is 2.07. The first kappa shape index (κ1) is 11.3. The van der Waals surface area contributed by atoms with Crippen LogP contribution in [0, 0.1) is 22.8 Å². The summed E-state index contributed by atoms with van der Waals surface area (Å²) in [5.41, 5.74) is -0.188. The van der Waals surface area contributed by atoms with E-state index in [1.54, 1.807) is 0 Å². The second-order valence-electron chi connectivity index (χ2n) is 2.05. The zero-order chi connectivity index (χ0) is 9.84. The first-order chi connectivity index (χ1) is 6.15. The maximum atomic E-state index is 13.1. The minimum absolute atomic E-state index is 0.188. The van der Waals surface area contributed by atoms with Gasteiger partial charge in [0, 0.05) is 25.7 Å². The Labute approximate surface area is 99.2 Å². The predicted octanol–water partition coefficient (Wildman–Crippen LogP) is 4.12. The Morgan fingerprint density at radius 1 is 1.31 bits per heavy atom. The quantitative estimate of drug-likeness (QED) is 0.486. The van der Waals surface area contributed by atoms with Crippen LogP contribution in [-0.2, 0) is 0 Å². The van der Waals surface area contributed by atoms with Gasteiger partial charge in [-0.1, -0.05) is 15.9 Å². The summed E-state index contributed by atoms with van der Waals surface area (Å²) in [5.74, 6) is 1.10. The third-order valence-electron chi connectivity index (χ3n) is 1.22. The van der Waals surface area contributed by atoms with Crippen LogP contribution in [0.2, 0.25) is 0 Å². The topological polar surface area (TPSA) is 0 Å². The van der Waals surface area contributed by atoms with E-state index in [0.717, 1.165) is 0 Å². The van der Waals surface area contributed by atoms with Crippen molar-refractivity contribution in [2.24, 2.45) is 0 Å². The molecule has 0 aliphatic carbocycles. The van der Waals surface area contributed by atoms with E-state index in [4.69, 9.17) is 0 Å². The minimum atomic E-state index is -0.648. The van der Waals surface area contributed by atoms with E-state index in [1.165, 1.54) is 21.1 Å². The molecule has 0 saturated heterocycles. The number of hydrogen-bond donors (Lipinski definition) is 0. The van der Waals surface area contributed by atoms with Crippen LogP contribution in [0.25, 0.3) is 0 Å². The smallest absolute Gasteiger partial charge is 0.142 e. The molecule has 68 valence electrons. The monoisotopic (exact) mass is 374 g/mol. The largest absolute Gasteiger partial charge is 0.205 e.